The van der Waals surface area contributed by atoms with Crippen molar-refractivity contribution in [1.29, 1.82) is 0 Å². The highest BCUT2D eigenvalue weighted by Gasteiger charge is 2.19. The quantitative estimate of drug-likeness (QED) is 0.852. The van der Waals surface area contributed by atoms with Crippen LogP contribution in [0.2, 0.25) is 0 Å². The van der Waals surface area contributed by atoms with Gasteiger partial charge in [0.05, 0.1) is 0 Å². The number of aryl methyl sites for hydroxylation is 1. The summed E-state index contributed by atoms with van der Waals surface area (Å²) in [5.41, 5.74) is 1.19. The second kappa shape index (κ2) is 7.14. The Hall–Kier alpha value is -1.75. The van der Waals surface area contributed by atoms with E-state index in [1.165, 1.54) is 5.56 Å². The topological polar surface area (TPSA) is 44.8 Å². The summed E-state index contributed by atoms with van der Waals surface area (Å²) < 4.78 is 5.50. The first kappa shape index (κ1) is 14.7. The van der Waals surface area contributed by atoms with Crippen molar-refractivity contribution in [2.45, 2.75) is 13.8 Å². The average molecular weight is 277 g/mol. The van der Waals surface area contributed by atoms with E-state index < -0.39 is 0 Å². The Morgan fingerprint density at radius 2 is 1.85 bits per heavy atom. The molecule has 0 aliphatic carbocycles. The van der Waals surface area contributed by atoms with Crippen molar-refractivity contribution in [3.05, 3.63) is 29.8 Å². The minimum atomic E-state index is -0.0483. The average Bonchev–Trinajstić information content (AvgIpc) is 2.49. The normalized spacial score (nSPS) is 16.0. The van der Waals surface area contributed by atoms with Crippen molar-refractivity contribution in [2.75, 3.05) is 39.5 Å². The molecule has 0 unspecified atom stereocenters. The molecular weight excluding hydrogens is 254 g/mol. The predicted molar refractivity (Wildman–Crippen MR) is 78.9 cm³/mol. The summed E-state index contributed by atoms with van der Waals surface area (Å²) in [4.78, 5) is 16.1. The molecule has 20 heavy (non-hydrogen) atoms. The van der Waals surface area contributed by atoms with Crippen LogP contribution in [-0.4, -0.2) is 55.3 Å². The molecule has 1 N–H and O–H groups in total. The fraction of sp³-hybridized carbons (Fsp3) is 0.533. The van der Waals surface area contributed by atoms with E-state index in [4.69, 9.17) is 4.74 Å². The summed E-state index contributed by atoms with van der Waals surface area (Å²) in [5.74, 6) is 0.770. The van der Waals surface area contributed by atoms with Crippen LogP contribution in [0.25, 0.3) is 0 Å². The molecule has 0 atom stereocenters. The molecule has 0 saturated carbocycles. The molecule has 1 aromatic carbocycles. The highest BCUT2D eigenvalue weighted by Crippen LogP contribution is 2.10. The monoisotopic (exact) mass is 277 g/mol. The third-order valence-electron chi connectivity index (χ3n) is 3.59. The number of ether oxygens (including phenoxy) is 1. The second-order valence-electron chi connectivity index (χ2n) is 5.00. The predicted octanol–water partition coefficient (Wildman–Crippen LogP) is 1.68. The van der Waals surface area contributed by atoms with Crippen LogP contribution in [0.4, 0.5) is 4.79 Å². The third-order valence-corrected chi connectivity index (χ3v) is 3.59. The van der Waals surface area contributed by atoms with Crippen LogP contribution in [0.5, 0.6) is 5.75 Å². The molecule has 2 amide bonds. The number of benzene rings is 1. The lowest BCUT2D eigenvalue weighted by atomic mass is 10.2. The third kappa shape index (κ3) is 4.13. The molecule has 5 heteroatoms. The number of nitrogens with zero attached hydrogens (tertiary/aromatic N) is 2. The first-order valence-electron chi connectivity index (χ1n) is 7.13. The van der Waals surface area contributed by atoms with Gasteiger partial charge >= 0.3 is 6.03 Å². The molecule has 2 rings (SSSR count). The van der Waals surface area contributed by atoms with Crippen molar-refractivity contribution in [2.24, 2.45) is 0 Å². The van der Waals surface area contributed by atoms with Crippen LogP contribution in [0.15, 0.2) is 24.3 Å². The lowest BCUT2D eigenvalue weighted by Gasteiger charge is -2.33. The van der Waals surface area contributed by atoms with E-state index >= 15 is 0 Å². The number of nitrogens with one attached hydrogen (secondary N) is 1. The number of carbonyl (C=O) groups is 1. The first-order valence-corrected chi connectivity index (χ1v) is 7.13. The Bertz CT molecular complexity index is 425. The molecule has 1 heterocycles. The number of amides is 2. The van der Waals surface area contributed by atoms with Gasteiger partial charge in [-0.2, -0.15) is 0 Å². The molecule has 1 fully saturated rings. The Morgan fingerprint density at radius 3 is 2.45 bits per heavy atom. The van der Waals surface area contributed by atoms with Crippen molar-refractivity contribution >= 4 is 6.03 Å². The van der Waals surface area contributed by atoms with Crippen LogP contribution in [0, 0.1) is 6.92 Å². The molecule has 0 bridgehead atoms. The van der Waals surface area contributed by atoms with Crippen molar-refractivity contribution in [3.63, 3.8) is 0 Å². The maximum atomic E-state index is 12.0. The van der Waals surface area contributed by atoms with Gasteiger partial charge in [-0.05, 0) is 25.6 Å². The zero-order chi connectivity index (χ0) is 14.4. The van der Waals surface area contributed by atoms with E-state index in [0.717, 1.165) is 38.5 Å². The first-order chi connectivity index (χ1) is 9.69. The molecule has 110 valence electrons. The number of piperazine rings is 1. The van der Waals surface area contributed by atoms with E-state index in [9.17, 15) is 4.79 Å². The van der Waals surface area contributed by atoms with Gasteiger partial charge in [0, 0.05) is 26.2 Å². The van der Waals surface area contributed by atoms with Crippen LogP contribution in [0.1, 0.15) is 12.5 Å². The molecule has 0 spiro atoms. The minimum absolute atomic E-state index is 0.0483. The Morgan fingerprint density at radius 1 is 1.20 bits per heavy atom. The largest absolute Gasteiger partial charge is 0.473 e. The smallest absolute Gasteiger partial charge is 0.320 e. The van der Waals surface area contributed by atoms with E-state index in [1.807, 2.05) is 36.1 Å². The summed E-state index contributed by atoms with van der Waals surface area (Å²) in [6, 6.07) is 7.73. The molecule has 1 aliphatic heterocycles. The molecule has 0 aromatic heterocycles. The van der Waals surface area contributed by atoms with Gasteiger partial charge in [-0.25, -0.2) is 4.79 Å². The van der Waals surface area contributed by atoms with Crippen molar-refractivity contribution in [1.82, 2.24) is 15.1 Å². The van der Waals surface area contributed by atoms with Crippen LogP contribution in [0.3, 0.4) is 0 Å². The fourth-order valence-corrected chi connectivity index (χ4v) is 2.19. The molecule has 0 radical (unpaired) electrons. The van der Waals surface area contributed by atoms with Gasteiger partial charge in [0.2, 0.25) is 0 Å². The lowest BCUT2D eigenvalue weighted by molar-refractivity contribution is 0.137. The van der Waals surface area contributed by atoms with Crippen LogP contribution in [-0.2, 0) is 0 Å². The number of hydrogen-bond donors (Lipinski definition) is 1. The van der Waals surface area contributed by atoms with Crippen molar-refractivity contribution < 1.29 is 9.53 Å². The zero-order valence-corrected chi connectivity index (χ0v) is 12.3. The molecule has 1 aromatic rings. The van der Waals surface area contributed by atoms with E-state index in [-0.39, 0.29) is 12.8 Å². The SMILES string of the molecule is CCN1CCN(C(=O)NCOc2ccc(C)cc2)CC1. The molecule has 1 aliphatic rings. The highest BCUT2D eigenvalue weighted by molar-refractivity contribution is 5.74. The van der Waals surface area contributed by atoms with E-state index in [0.29, 0.717) is 0 Å². The second-order valence-corrected chi connectivity index (χ2v) is 5.00. The summed E-state index contributed by atoms with van der Waals surface area (Å²) in [5, 5.41) is 2.79. The Balaban J connectivity index is 1.69. The van der Waals surface area contributed by atoms with Crippen LogP contribution < -0.4 is 10.1 Å². The van der Waals surface area contributed by atoms with E-state index in [1.54, 1.807) is 0 Å². The molecule has 5 nitrogen and oxygen atoms in total. The van der Waals surface area contributed by atoms with Gasteiger partial charge < -0.3 is 19.9 Å². The lowest BCUT2D eigenvalue weighted by Crippen LogP contribution is -2.52. The Labute approximate surface area is 120 Å². The van der Waals surface area contributed by atoms with Gasteiger partial charge in [-0.3, -0.25) is 0 Å². The number of rotatable bonds is 4. The Kier molecular flexibility index (Phi) is 5.24. The number of likely N-dealkylation sites (N-methyl/N-ethyl adjacent to an activating group) is 1. The van der Waals surface area contributed by atoms with Gasteiger partial charge in [0.25, 0.3) is 0 Å². The minimum Gasteiger partial charge on any atom is -0.473 e. The number of urea groups is 1. The summed E-state index contributed by atoms with van der Waals surface area (Å²) in [6.07, 6.45) is 0. The molecular formula is C15H23N3O2. The van der Waals surface area contributed by atoms with Gasteiger partial charge in [-0.1, -0.05) is 24.6 Å². The van der Waals surface area contributed by atoms with Crippen molar-refractivity contribution in [3.8, 4) is 5.75 Å². The number of hydrogen-bond acceptors (Lipinski definition) is 3. The van der Waals surface area contributed by atoms with Gasteiger partial charge in [0.15, 0.2) is 6.73 Å². The fourth-order valence-electron chi connectivity index (χ4n) is 2.19. The molecule has 1 saturated heterocycles. The van der Waals surface area contributed by atoms with Crippen LogP contribution >= 0.6 is 0 Å². The van der Waals surface area contributed by atoms with Gasteiger partial charge in [-0.15, -0.1) is 0 Å². The maximum Gasteiger partial charge on any atom is 0.320 e. The highest BCUT2D eigenvalue weighted by atomic mass is 16.5. The summed E-state index contributed by atoms with van der Waals surface area (Å²) >= 11 is 0. The zero-order valence-electron chi connectivity index (χ0n) is 12.3. The summed E-state index contributed by atoms with van der Waals surface area (Å²) in [6.45, 7) is 8.88. The van der Waals surface area contributed by atoms with Gasteiger partial charge in [0.1, 0.15) is 5.75 Å². The standard InChI is InChI=1S/C15H23N3O2/c1-3-17-8-10-18(11-9-17)15(19)16-12-20-14-6-4-13(2)5-7-14/h4-7H,3,8-12H2,1-2H3,(H,16,19). The number of carbonyl (C=O) groups excluding carboxylic acids is 1. The van der Waals surface area contributed by atoms with E-state index in [2.05, 4.69) is 17.1 Å². The maximum absolute atomic E-state index is 12.0. The summed E-state index contributed by atoms with van der Waals surface area (Å²) in [7, 11) is 0.